The van der Waals surface area contributed by atoms with Gasteiger partial charge in [0.05, 0.1) is 11.8 Å². The molecule has 0 saturated carbocycles. The Morgan fingerprint density at radius 3 is 2.48 bits per heavy atom. The smallest absolute Gasteiger partial charge is 0.396 e. The van der Waals surface area contributed by atoms with E-state index in [9.17, 15) is 22.8 Å². The number of amides is 1. The summed E-state index contributed by atoms with van der Waals surface area (Å²) in [5.74, 6) is -4.24. The van der Waals surface area contributed by atoms with Crippen LogP contribution in [-0.4, -0.2) is 41.1 Å². The van der Waals surface area contributed by atoms with E-state index in [0.29, 0.717) is 19.4 Å². The summed E-state index contributed by atoms with van der Waals surface area (Å²) < 4.78 is 39.8. The summed E-state index contributed by atoms with van der Waals surface area (Å²) in [5, 5.41) is 9.01. The predicted octanol–water partition coefficient (Wildman–Crippen LogP) is 3.05. The number of nitrogens with zero attached hydrogens (tertiary/aromatic N) is 1. The van der Waals surface area contributed by atoms with Crippen molar-refractivity contribution in [2.24, 2.45) is 5.92 Å². The molecule has 23 heavy (non-hydrogen) atoms. The van der Waals surface area contributed by atoms with E-state index in [0.717, 1.165) is 0 Å². The number of benzene rings is 1. The zero-order valence-corrected chi connectivity index (χ0v) is 12.4. The van der Waals surface area contributed by atoms with Crippen LogP contribution in [0.1, 0.15) is 30.7 Å². The Balaban J connectivity index is 2.10. The second kappa shape index (κ2) is 7.02. The Morgan fingerprint density at radius 2 is 1.91 bits per heavy atom. The minimum Gasteiger partial charge on any atom is -0.481 e. The zero-order chi connectivity index (χ0) is 17.0. The largest absolute Gasteiger partial charge is 0.481 e. The van der Waals surface area contributed by atoms with Crippen LogP contribution < -0.4 is 0 Å². The quantitative estimate of drug-likeness (QED) is 0.924. The molecule has 1 aromatic rings. The number of carboxylic acids is 1. The molecule has 2 atom stereocenters. The molecule has 1 aliphatic heterocycles. The van der Waals surface area contributed by atoms with E-state index in [2.05, 4.69) is 0 Å². The van der Waals surface area contributed by atoms with Crippen molar-refractivity contribution in [3.8, 4) is 0 Å². The zero-order valence-electron chi connectivity index (χ0n) is 12.4. The van der Waals surface area contributed by atoms with Gasteiger partial charge in [-0.25, -0.2) is 0 Å². The van der Waals surface area contributed by atoms with Gasteiger partial charge in [0.25, 0.3) is 0 Å². The summed E-state index contributed by atoms with van der Waals surface area (Å²) in [6.07, 6.45) is -4.29. The van der Waals surface area contributed by atoms with Gasteiger partial charge in [-0.2, -0.15) is 13.2 Å². The lowest BCUT2D eigenvalue weighted by Crippen LogP contribution is -2.43. The van der Waals surface area contributed by atoms with Crippen molar-refractivity contribution in [1.82, 2.24) is 4.90 Å². The van der Waals surface area contributed by atoms with Gasteiger partial charge in [0.1, 0.15) is 0 Å². The van der Waals surface area contributed by atoms with E-state index in [1.807, 2.05) is 0 Å². The minimum absolute atomic E-state index is 0.0203. The number of aliphatic carboxylic acids is 1. The number of carbonyl (C=O) groups is 2. The van der Waals surface area contributed by atoms with Crippen molar-refractivity contribution in [2.45, 2.75) is 31.4 Å². The number of piperidine rings is 1. The van der Waals surface area contributed by atoms with Gasteiger partial charge >= 0.3 is 12.1 Å². The monoisotopic (exact) mass is 329 g/mol. The van der Waals surface area contributed by atoms with Crippen LogP contribution in [0.25, 0.3) is 0 Å². The second-order valence-corrected chi connectivity index (χ2v) is 5.73. The highest BCUT2D eigenvalue weighted by Gasteiger charge is 2.43. The molecule has 2 rings (SSSR count). The number of hydrogen-bond donors (Lipinski definition) is 1. The Bertz CT molecular complexity index is 559. The highest BCUT2D eigenvalue weighted by molar-refractivity contribution is 5.79. The fraction of sp³-hybridized carbons (Fsp3) is 0.500. The molecule has 0 aliphatic carbocycles. The summed E-state index contributed by atoms with van der Waals surface area (Å²) in [6, 6.07) is 7.31. The first-order valence-electron chi connectivity index (χ1n) is 7.41. The third kappa shape index (κ3) is 4.46. The SMILES string of the molecule is O=C(O)[C@@H]1CCCN(C(=O)C[C@H](c2ccccc2)C(F)(F)F)C1. The first-order chi connectivity index (χ1) is 10.8. The van der Waals surface area contributed by atoms with Gasteiger partial charge in [0, 0.05) is 19.5 Å². The third-order valence-corrected chi connectivity index (χ3v) is 4.10. The maximum absolute atomic E-state index is 13.3. The van der Waals surface area contributed by atoms with Crippen LogP contribution in [0, 0.1) is 5.92 Å². The molecule has 0 aromatic heterocycles. The molecule has 0 spiro atoms. The first-order valence-corrected chi connectivity index (χ1v) is 7.41. The number of carboxylic acid groups (broad SMARTS) is 1. The Morgan fingerprint density at radius 1 is 1.26 bits per heavy atom. The maximum atomic E-state index is 13.3. The molecule has 1 amide bonds. The van der Waals surface area contributed by atoms with Crippen molar-refractivity contribution in [3.63, 3.8) is 0 Å². The number of rotatable bonds is 4. The molecular weight excluding hydrogens is 311 g/mol. The number of hydrogen-bond acceptors (Lipinski definition) is 2. The van der Waals surface area contributed by atoms with E-state index in [-0.39, 0.29) is 12.1 Å². The van der Waals surface area contributed by atoms with E-state index < -0.39 is 36.3 Å². The second-order valence-electron chi connectivity index (χ2n) is 5.73. The van der Waals surface area contributed by atoms with Gasteiger partial charge in [0.2, 0.25) is 5.91 Å². The average molecular weight is 329 g/mol. The lowest BCUT2D eigenvalue weighted by atomic mass is 9.93. The summed E-state index contributed by atoms with van der Waals surface area (Å²) in [4.78, 5) is 24.5. The van der Waals surface area contributed by atoms with Crippen molar-refractivity contribution in [2.75, 3.05) is 13.1 Å². The van der Waals surface area contributed by atoms with Crippen LogP contribution in [0.4, 0.5) is 13.2 Å². The molecular formula is C16H18F3NO3. The maximum Gasteiger partial charge on any atom is 0.396 e. The van der Waals surface area contributed by atoms with E-state index in [1.54, 1.807) is 6.07 Å². The molecule has 1 fully saturated rings. The molecule has 0 bridgehead atoms. The molecule has 1 aromatic carbocycles. The molecule has 1 saturated heterocycles. The first kappa shape index (κ1) is 17.3. The summed E-state index contributed by atoms with van der Waals surface area (Å²) >= 11 is 0. The van der Waals surface area contributed by atoms with Crippen molar-refractivity contribution >= 4 is 11.9 Å². The van der Waals surface area contributed by atoms with Crippen LogP contribution in [0.5, 0.6) is 0 Å². The topological polar surface area (TPSA) is 57.6 Å². The average Bonchev–Trinajstić information content (AvgIpc) is 2.52. The van der Waals surface area contributed by atoms with E-state index in [1.165, 1.54) is 29.2 Å². The number of carbonyl (C=O) groups excluding carboxylic acids is 1. The van der Waals surface area contributed by atoms with Gasteiger partial charge < -0.3 is 10.0 Å². The van der Waals surface area contributed by atoms with Gasteiger partial charge in [-0.3, -0.25) is 9.59 Å². The summed E-state index contributed by atoms with van der Waals surface area (Å²) in [7, 11) is 0. The molecule has 0 unspecified atom stereocenters. The number of alkyl halides is 3. The van der Waals surface area contributed by atoms with E-state index in [4.69, 9.17) is 5.11 Å². The number of likely N-dealkylation sites (tertiary alicyclic amines) is 1. The summed E-state index contributed by atoms with van der Waals surface area (Å²) in [5.41, 5.74) is 0.0418. The van der Waals surface area contributed by atoms with Crippen LogP contribution in [0.15, 0.2) is 30.3 Å². The fourth-order valence-electron chi connectivity index (χ4n) is 2.82. The van der Waals surface area contributed by atoms with Gasteiger partial charge in [-0.05, 0) is 18.4 Å². The van der Waals surface area contributed by atoms with Gasteiger partial charge in [-0.1, -0.05) is 30.3 Å². The van der Waals surface area contributed by atoms with Crippen molar-refractivity contribution < 1.29 is 27.9 Å². The Labute approximate surface area is 131 Å². The third-order valence-electron chi connectivity index (χ3n) is 4.10. The predicted molar refractivity (Wildman–Crippen MR) is 76.8 cm³/mol. The molecule has 7 heteroatoms. The highest BCUT2D eigenvalue weighted by Crippen LogP contribution is 2.38. The molecule has 1 aliphatic rings. The lowest BCUT2D eigenvalue weighted by Gasteiger charge is -2.32. The molecule has 0 radical (unpaired) electrons. The molecule has 1 N–H and O–H groups in total. The van der Waals surface area contributed by atoms with E-state index >= 15 is 0 Å². The lowest BCUT2D eigenvalue weighted by molar-refractivity contribution is -0.162. The van der Waals surface area contributed by atoms with Gasteiger partial charge in [0.15, 0.2) is 0 Å². The minimum atomic E-state index is -4.53. The standard InChI is InChI=1S/C16H18F3NO3/c17-16(18,19)13(11-5-2-1-3-6-11)9-14(21)20-8-4-7-12(10-20)15(22)23/h1-3,5-6,12-13H,4,7-10H2,(H,22,23)/t12-,13-/m1/s1. The van der Waals surface area contributed by atoms with Crippen LogP contribution in [0.3, 0.4) is 0 Å². The number of halogens is 3. The normalized spacial score (nSPS) is 20.1. The van der Waals surface area contributed by atoms with Crippen LogP contribution >= 0.6 is 0 Å². The molecule has 126 valence electrons. The summed E-state index contributed by atoms with van der Waals surface area (Å²) in [6.45, 7) is 0.287. The van der Waals surface area contributed by atoms with Gasteiger partial charge in [-0.15, -0.1) is 0 Å². The van der Waals surface area contributed by atoms with Crippen molar-refractivity contribution in [1.29, 1.82) is 0 Å². The van der Waals surface area contributed by atoms with Crippen molar-refractivity contribution in [3.05, 3.63) is 35.9 Å². The molecule has 1 heterocycles. The molecule has 4 nitrogen and oxygen atoms in total. The van der Waals surface area contributed by atoms with Crippen LogP contribution in [-0.2, 0) is 9.59 Å². The Hall–Kier alpha value is -2.05. The highest BCUT2D eigenvalue weighted by atomic mass is 19.4. The fourth-order valence-corrected chi connectivity index (χ4v) is 2.82. The Kier molecular flexibility index (Phi) is 5.28. The van der Waals surface area contributed by atoms with Crippen LogP contribution in [0.2, 0.25) is 0 Å².